The maximum Gasteiger partial charge on any atom is 0.251 e. The Bertz CT molecular complexity index is 1880. The van der Waals surface area contributed by atoms with E-state index in [0.717, 1.165) is 16.9 Å². The number of aryl methyl sites for hydroxylation is 2. The largest absolute Gasteiger partial charge is 0.491 e. The monoisotopic (exact) mass is 721 g/mol. The van der Waals surface area contributed by atoms with E-state index in [0.29, 0.717) is 110 Å². The lowest BCUT2D eigenvalue weighted by Crippen LogP contribution is -2.25. The highest BCUT2D eigenvalue weighted by molar-refractivity contribution is 5.94. The fourth-order valence-corrected chi connectivity index (χ4v) is 4.96. The number of aromatic nitrogens is 1. The maximum absolute atomic E-state index is 12.6. The van der Waals surface area contributed by atoms with E-state index in [1.165, 1.54) is 0 Å². The van der Waals surface area contributed by atoms with Crippen LogP contribution in [0.4, 0.5) is 34.4 Å². The molecule has 0 radical (unpaired) electrons. The fourth-order valence-electron chi connectivity index (χ4n) is 4.96. The zero-order valence-corrected chi connectivity index (χ0v) is 30.9. The Kier molecular flexibility index (Phi) is 16.3. The summed E-state index contributed by atoms with van der Waals surface area (Å²) in [4.78, 5) is 17.3. The van der Waals surface area contributed by atoms with Gasteiger partial charge in [0.15, 0.2) is 5.82 Å². The van der Waals surface area contributed by atoms with Gasteiger partial charge in [-0.15, -0.1) is 5.11 Å². The third-order valence-electron chi connectivity index (χ3n) is 7.89. The van der Waals surface area contributed by atoms with Gasteiger partial charge >= 0.3 is 0 Å². The van der Waals surface area contributed by atoms with Gasteiger partial charge in [0, 0.05) is 51.6 Å². The molecule has 3 N–H and O–H groups in total. The number of amides is 1. The second kappa shape index (κ2) is 21.6. The molecule has 4 aromatic rings. The van der Waals surface area contributed by atoms with Gasteiger partial charge < -0.3 is 34.9 Å². The summed E-state index contributed by atoms with van der Waals surface area (Å²) in [5.41, 5.74) is 5.63. The van der Waals surface area contributed by atoms with Gasteiger partial charge in [-0.25, -0.2) is 4.98 Å². The Labute approximate surface area is 310 Å². The SMILES string of the molecule is COCCNc1nc(NCCOC)c(N=Nc2cc(C)c(N=Nc3ccc(C(=O)NCCCOCCOc4ccccc4)cc3)cc2C)c(C)c1C#N. The number of nitriles is 1. The van der Waals surface area contributed by atoms with Gasteiger partial charge in [-0.2, -0.15) is 20.6 Å². The first-order chi connectivity index (χ1) is 25.8. The van der Waals surface area contributed by atoms with Crippen molar-refractivity contribution in [2.45, 2.75) is 27.2 Å². The molecule has 0 fully saturated rings. The number of azo groups is 2. The highest BCUT2D eigenvalue weighted by Crippen LogP contribution is 2.36. The molecule has 1 heterocycles. The van der Waals surface area contributed by atoms with E-state index >= 15 is 0 Å². The van der Waals surface area contributed by atoms with Crippen molar-refractivity contribution in [2.75, 3.05) is 77.5 Å². The molecule has 0 spiro atoms. The number of rotatable bonds is 21. The van der Waals surface area contributed by atoms with Crippen molar-refractivity contribution in [3.8, 4) is 11.8 Å². The first-order valence-electron chi connectivity index (χ1n) is 17.3. The molecule has 1 amide bonds. The van der Waals surface area contributed by atoms with Crippen molar-refractivity contribution in [1.29, 1.82) is 5.26 Å². The fraction of sp³-hybridized carbons (Fsp3) is 0.359. The normalized spacial score (nSPS) is 11.2. The van der Waals surface area contributed by atoms with Gasteiger partial charge in [0.25, 0.3) is 5.91 Å². The minimum Gasteiger partial charge on any atom is -0.491 e. The molecular weight excluding hydrogens is 674 g/mol. The van der Waals surface area contributed by atoms with E-state index < -0.39 is 0 Å². The molecule has 0 unspecified atom stereocenters. The molecule has 0 aliphatic heterocycles. The summed E-state index contributed by atoms with van der Waals surface area (Å²) >= 11 is 0. The summed E-state index contributed by atoms with van der Waals surface area (Å²) in [6, 6.07) is 22.6. The molecule has 0 aliphatic carbocycles. The van der Waals surface area contributed by atoms with E-state index in [4.69, 9.17) is 18.9 Å². The van der Waals surface area contributed by atoms with Crippen molar-refractivity contribution in [3.05, 3.63) is 94.5 Å². The van der Waals surface area contributed by atoms with Crippen LogP contribution in [0.2, 0.25) is 0 Å². The van der Waals surface area contributed by atoms with Crippen molar-refractivity contribution < 1.29 is 23.7 Å². The Hall–Kier alpha value is -5.75. The number of ether oxygens (including phenoxy) is 4. The minimum atomic E-state index is -0.167. The number of methoxy groups -OCH3 is 2. The summed E-state index contributed by atoms with van der Waals surface area (Å²) in [6.45, 7) is 9.53. The Morgan fingerprint density at radius 1 is 0.755 bits per heavy atom. The Morgan fingerprint density at radius 2 is 1.40 bits per heavy atom. The molecule has 14 nitrogen and oxygen atoms in total. The number of nitrogens with one attached hydrogen (secondary N) is 3. The second-order valence-corrected chi connectivity index (χ2v) is 11.9. The third kappa shape index (κ3) is 12.5. The smallest absolute Gasteiger partial charge is 0.251 e. The number of hydrogen-bond donors (Lipinski definition) is 3. The van der Waals surface area contributed by atoms with E-state index in [9.17, 15) is 10.1 Å². The zero-order valence-electron chi connectivity index (χ0n) is 30.9. The molecule has 14 heteroatoms. The lowest BCUT2D eigenvalue weighted by Gasteiger charge is -2.15. The quantitative estimate of drug-likeness (QED) is 0.0568. The number of anilines is 2. The molecule has 0 atom stereocenters. The molecule has 53 heavy (non-hydrogen) atoms. The van der Waals surface area contributed by atoms with Gasteiger partial charge in [0.1, 0.15) is 29.9 Å². The van der Waals surface area contributed by atoms with E-state index in [-0.39, 0.29) is 5.91 Å². The molecule has 278 valence electrons. The molecule has 0 bridgehead atoms. The van der Waals surface area contributed by atoms with Crippen LogP contribution in [0.1, 0.15) is 39.0 Å². The lowest BCUT2D eigenvalue weighted by atomic mass is 10.1. The summed E-state index contributed by atoms with van der Waals surface area (Å²) in [6.07, 6.45) is 0.689. The summed E-state index contributed by atoms with van der Waals surface area (Å²) < 4.78 is 21.5. The van der Waals surface area contributed by atoms with Gasteiger partial charge in [0.05, 0.1) is 42.4 Å². The number of pyridine rings is 1. The van der Waals surface area contributed by atoms with Gasteiger partial charge in [0.2, 0.25) is 0 Å². The van der Waals surface area contributed by atoms with Crippen LogP contribution >= 0.6 is 0 Å². The molecule has 3 aromatic carbocycles. The van der Waals surface area contributed by atoms with Gasteiger partial charge in [-0.3, -0.25) is 4.79 Å². The Balaban J connectivity index is 1.33. The van der Waals surface area contributed by atoms with Crippen molar-refractivity contribution in [1.82, 2.24) is 10.3 Å². The molecule has 0 saturated heterocycles. The predicted octanol–water partition coefficient (Wildman–Crippen LogP) is 8.04. The standard InChI is InChI=1S/C39H47N9O5/c1-27-25-35(47-48-36-29(3)33(26-40)37(41-17-20-50-4)44-38(36)42-18-21-51-5)28(2)24-34(27)46-45-31-14-12-30(13-15-31)39(49)43-16-9-19-52-22-23-53-32-10-7-6-8-11-32/h6-8,10-15,24-25H,9,16-23H2,1-5H3,(H,43,49)(H2,41,42,44). The minimum absolute atomic E-state index is 0.167. The van der Waals surface area contributed by atoms with Gasteiger partial charge in [-0.05, 0) is 86.8 Å². The van der Waals surface area contributed by atoms with Crippen LogP contribution in [-0.2, 0) is 14.2 Å². The van der Waals surface area contributed by atoms with Crippen LogP contribution in [0.15, 0.2) is 87.2 Å². The summed E-state index contributed by atoms with van der Waals surface area (Å²) in [5.74, 6) is 1.57. The first-order valence-corrected chi connectivity index (χ1v) is 17.3. The first kappa shape index (κ1) is 40.0. The molecule has 0 aliphatic rings. The topological polar surface area (TPSA) is 176 Å². The van der Waals surface area contributed by atoms with E-state index in [1.807, 2.05) is 63.2 Å². The molecular formula is C39H47N9O5. The molecule has 1 aromatic heterocycles. The zero-order chi connectivity index (χ0) is 37.8. The summed E-state index contributed by atoms with van der Waals surface area (Å²) in [7, 11) is 3.23. The van der Waals surface area contributed by atoms with Crippen molar-refractivity contribution in [2.24, 2.45) is 20.5 Å². The van der Waals surface area contributed by atoms with Crippen LogP contribution in [0.5, 0.6) is 5.75 Å². The van der Waals surface area contributed by atoms with Crippen LogP contribution in [-0.4, -0.2) is 77.8 Å². The average Bonchev–Trinajstić information content (AvgIpc) is 3.17. The highest BCUT2D eigenvalue weighted by atomic mass is 16.5. The van der Waals surface area contributed by atoms with Crippen LogP contribution in [0.25, 0.3) is 0 Å². The van der Waals surface area contributed by atoms with E-state index in [2.05, 4.69) is 47.5 Å². The second-order valence-electron chi connectivity index (χ2n) is 11.9. The van der Waals surface area contributed by atoms with Crippen LogP contribution < -0.4 is 20.7 Å². The van der Waals surface area contributed by atoms with Crippen molar-refractivity contribution >= 4 is 40.3 Å². The third-order valence-corrected chi connectivity index (χ3v) is 7.89. The highest BCUT2D eigenvalue weighted by Gasteiger charge is 2.18. The average molecular weight is 722 g/mol. The molecule has 4 rings (SSSR count). The van der Waals surface area contributed by atoms with Crippen LogP contribution in [0, 0.1) is 32.1 Å². The number of hydrogen-bond acceptors (Lipinski definition) is 13. The summed E-state index contributed by atoms with van der Waals surface area (Å²) in [5, 5.41) is 37.2. The lowest BCUT2D eigenvalue weighted by molar-refractivity contribution is 0.0905. The van der Waals surface area contributed by atoms with E-state index in [1.54, 1.807) is 38.5 Å². The number of para-hydroxylation sites is 1. The number of nitrogens with zero attached hydrogens (tertiary/aromatic N) is 6. The number of benzene rings is 3. The number of carbonyl (C=O) groups is 1. The number of carbonyl (C=O) groups excluding carboxylic acids is 1. The van der Waals surface area contributed by atoms with Crippen LogP contribution in [0.3, 0.4) is 0 Å². The van der Waals surface area contributed by atoms with Crippen molar-refractivity contribution in [3.63, 3.8) is 0 Å². The van der Waals surface area contributed by atoms with Gasteiger partial charge in [-0.1, -0.05) is 18.2 Å². The maximum atomic E-state index is 12.6. The molecule has 0 saturated carbocycles. The predicted molar refractivity (Wildman–Crippen MR) is 205 cm³/mol. The Morgan fingerprint density at radius 3 is 2.04 bits per heavy atom.